The Kier molecular flexibility index (Phi) is 11.0. The molecule has 0 aromatic carbocycles. The largest absolute Gasteiger partial charge is 0.418 e. The molecule has 0 saturated heterocycles. The Labute approximate surface area is 162 Å². The highest BCUT2D eigenvalue weighted by molar-refractivity contribution is 6.73. The van der Waals surface area contributed by atoms with Crippen molar-refractivity contribution in [2.75, 3.05) is 26.3 Å². The lowest BCUT2D eigenvalue weighted by Crippen LogP contribution is -2.51. The predicted molar refractivity (Wildman–Crippen MR) is 121 cm³/mol. The Morgan fingerprint density at radius 2 is 1.00 bits per heavy atom. The normalized spacial score (nSPS) is 16.3. The van der Waals surface area contributed by atoms with Crippen LogP contribution in [0.2, 0.25) is 57.9 Å². The van der Waals surface area contributed by atoms with Gasteiger partial charge in [-0.3, -0.25) is 0 Å². The number of rotatable bonds is 13. The lowest BCUT2D eigenvalue weighted by molar-refractivity contribution is 0.292. The molecule has 0 aliphatic heterocycles. The second kappa shape index (κ2) is 10.8. The van der Waals surface area contributed by atoms with Crippen LogP contribution in [0.25, 0.3) is 0 Å². The van der Waals surface area contributed by atoms with Gasteiger partial charge in [-0.05, 0) is 77.0 Å². The lowest BCUT2D eigenvalue weighted by atomic mass is 10.2. The van der Waals surface area contributed by atoms with Crippen molar-refractivity contribution in [3.05, 3.63) is 0 Å². The second-order valence-corrected chi connectivity index (χ2v) is 23.5. The van der Waals surface area contributed by atoms with E-state index >= 15 is 0 Å². The quantitative estimate of drug-likeness (QED) is 0.357. The van der Waals surface area contributed by atoms with Crippen LogP contribution >= 0.6 is 0 Å². The topological polar surface area (TPSA) is 21.7 Å². The van der Waals surface area contributed by atoms with Gasteiger partial charge in [0.2, 0.25) is 0 Å². The summed E-state index contributed by atoms with van der Waals surface area (Å²) in [5, 5.41) is 0. The molecule has 2 unspecified atom stereocenters. The Morgan fingerprint density at radius 1 is 0.680 bits per heavy atom. The Bertz CT molecular complexity index is 342. The Balaban J connectivity index is 4.81. The van der Waals surface area contributed by atoms with Crippen LogP contribution in [0.5, 0.6) is 0 Å². The monoisotopic (exact) mass is 405 g/mol. The molecule has 3 nitrogen and oxygen atoms in total. The fourth-order valence-electron chi connectivity index (χ4n) is 4.08. The third-order valence-electron chi connectivity index (χ3n) is 4.76. The summed E-state index contributed by atoms with van der Waals surface area (Å²) in [5.41, 5.74) is 0. The summed E-state index contributed by atoms with van der Waals surface area (Å²) in [7, 11) is -4.33. The van der Waals surface area contributed by atoms with Crippen LogP contribution in [0.4, 0.5) is 0 Å². The highest BCUT2D eigenvalue weighted by atomic mass is 28.4. The van der Waals surface area contributed by atoms with Gasteiger partial charge < -0.3 is 13.4 Å². The highest BCUT2D eigenvalue weighted by Gasteiger charge is 2.32. The van der Waals surface area contributed by atoms with E-state index in [-0.39, 0.29) is 0 Å². The number of hydrogen-bond acceptors (Lipinski definition) is 3. The van der Waals surface area contributed by atoms with E-state index in [4.69, 9.17) is 8.85 Å². The fourth-order valence-corrected chi connectivity index (χ4v) is 11.2. The zero-order valence-electron chi connectivity index (χ0n) is 19.2. The van der Waals surface area contributed by atoms with Crippen molar-refractivity contribution in [1.82, 2.24) is 4.57 Å². The van der Waals surface area contributed by atoms with Gasteiger partial charge in [-0.2, -0.15) is 0 Å². The van der Waals surface area contributed by atoms with Crippen LogP contribution in [0.1, 0.15) is 27.7 Å². The van der Waals surface area contributed by atoms with E-state index in [0.29, 0.717) is 11.8 Å². The molecule has 0 rings (SSSR count). The van der Waals surface area contributed by atoms with Crippen molar-refractivity contribution in [3.8, 4) is 0 Å². The highest BCUT2D eigenvalue weighted by Crippen LogP contribution is 2.25. The standard InChI is InChI=1S/C19H47NO2Si3/c1-12-21-24(8,9)16-18(3)14-20(23(5,6)7)15-19(4)17-25(10,11)22-13-2/h18-19H,12-17H2,1-11H3. The molecule has 6 heteroatoms. The van der Waals surface area contributed by atoms with Crippen LogP contribution in [0.3, 0.4) is 0 Å². The Hall–Kier alpha value is 0.531. The van der Waals surface area contributed by atoms with E-state index in [1.807, 2.05) is 0 Å². The molecule has 0 bridgehead atoms. The van der Waals surface area contributed by atoms with Gasteiger partial charge in [0.15, 0.2) is 16.6 Å². The molecule has 0 amide bonds. The summed E-state index contributed by atoms with van der Waals surface area (Å²) in [5.74, 6) is 1.42. The van der Waals surface area contributed by atoms with Gasteiger partial charge in [-0.25, -0.2) is 0 Å². The molecule has 0 N–H and O–H groups in total. The molecule has 0 saturated carbocycles. The first-order chi connectivity index (χ1) is 11.2. The summed E-state index contributed by atoms with van der Waals surface area (Å²) in [6, 6.07) is 2.52. The van der Waals surface area contributed by atoms with Gasteiger partial charge in [-0.1, -0.05) is 33.5 Å². The third kappa shape index (κ3) is 11.8. The molecule has 0 aliphatic rings. The molecule has 152 valence electrons. The van der Waals surface area contributed by atoms with E-state index in [2.05, 4.69) is 78.1 Å². The minimum absolute atomic E-state index is 0.712. The molecule has 25 heavy (non-hydrogen) atoms. The van der Waals surface area contributed by atoms with E-state index in [9.17, 15) is 0 Å². The van der Waals surface area contributed by atoms with Crippen LogP contribution in [-0.2, 0) is 8.85 Å². The summed E-state index contributed by atoms with van der Waals surface area (Å²) in [4.78, 5) is 0. The van der Waals surface area contributed by atoms with Crippen molar-refractivity contribution in [1.29, 1.82) is 0 Å². The summed E-state index contributed by atoms with van der Waals surface area (Å²) < 4.78 is 15.0. The van der Waals surface area contributed by atoms with Crippen LogP contribution in [0, 0.1) is 11.8 Å². The smallest absolute Gasteiger partial charge is 0.187 e. The van der Waals surface area contributed by atoms with Crippen molar-refractivity contribution in [2.24, 2.45) is 11.8 Å². The van der Waals surface area contributed by atoms with Gasteiger partial charge >= 0.3 is 0 Å². The minimum Gasteiger partial charge on any atom is -0.418 e. The van der Waals surface area contributed by atoms with Crippen molar-refractivity contribution < 1.29 is 8.85 Å². The first-order valence-corrected chi connectivity index (χ1v) is 19.9. The fraction of sp³-hybridized carbons (Fsp3) is 1.00. The van der Waals surface area contributed by atoms with Crippen molar-refractivity contribution in [2.45, 2.75) is 85.6 Å². The molecule has 0 radical (unpaired) electrons. The summed E-state index contributed by atoms with van der Waals surface area (Å²) in [6.45, 7) is 30.2. The van der Waals surface area contributed by atoms with E-state index < -0.39 is 24.9 Å². The molecular weight excluding hydrogens is 358 g/mol. The van der Waals surface area contributed by atoms with Gasteiger partial charge in [0.1, 0.15) is 8.24 Å². The molecule has 0 aromatic rings. The van der Waals surface area contributed by atoms with Gasteiger partial charge in [0.25, 0.3) is 0 Å². The van der Waals surface area contributed by atoms with Crippen LogP contribution < -0.4 is 0 Å². The van der Waals surface area contributed by atoms with Crippen LogP contribution in [-0.4, -0.2) is 55.7 Å². The second-order valence-electron chi connectivity index (χ2n) is 10.1. The lowest BCUT2D eigenvalue weighted by Gasteiger charge is -2.40. The molecule has 0 aromatic heterocycles. The first-order valence-electron chi connectivity index (χ1n) is 10.3. The van der Waals surface area contributed by atoms with Crippen LogP contribution in [0.15, 0.2) is 0 Å². The molecule has 0 fully saturated rings. The average Bonchev–Trinajstić information content (AvgIpc) is 2.34. The van der Waals surface area contributed by atoms with Gasteiger partial charge in [0, 0.05) is 13.2 Å². The zero-order chi connectivity index (χ0) is 19.9. The molecular formula is C19H47NO2Si3. The minimum atomic E-state index is -1.51. The van der Waals surface area contributed by atoms with Gasteiger partial charge in [0.05, 0.1) is 0 Å². The molecule has 2 atom stereocenters. The van der Waals surface area contributed by atoms with Crippen molar-refractivity contribution >= 4 is 24.9 Å². The van der Waals surface area contributed by atoms with Crippen molar-refractivity contribution in [3.63, 3.8) is 0 Å². The SMILES string of the molecule is CCO[Si](C)(C)CC(C)CN(CC(C)C[Si](C)(C)OCC)[Si](C)(C)C. The van der Waals surface area contributed by atoms with Gasteiger partial charge in [-0.15, -0.1) is 0 Å². The molecule has 0 heterocycles. The van der Waals surface area contributed by atoms with E-state index in [1.165, 1.54) is 25.2 Å². The molecule has 0 aliphatic carbocycles. The third-order valence-corrected chi connectivity index (χ3v) is 12.5. The summed E-state index contributed by atoms with van der Waals surface area (Å²) in [6.07, 6.45) is 0. The molecule has 0 spiro atoms. The maximum atomic E-state index is 6.06. The predicted octanol–water partition coefficient (Wildman–Crippen LogP) is 5.88. The van der Waals surface area contributed by atoms with E-state index in [1.54, 1.807) is 0 Å². The Morgan fingerprint density at radius 3 is 1.24 bits per heavy atom. The van der Waals surface area contributed by atoms with E-state index in [0.717, 1.165) is 13.2 Å². The maximum absolute atomic E-state index is 6.06. The first kappa shape index (κ1) is 25.5. The number of hydrogen-bond donors (Lipinski definition) is 0. The zero-order valence-corrected chi connectivity index (χ0v) is 22.2. The summed E-state index contributed by atoms with van der Waals surface area (Å²) >= 11 is 0. The number of nitrogens with zero attached hydrogens (tertiary/aromatic N) is 1. The maximum Gasteiger partial charge on any atom is 0.187 e. The average molecular weight is 406 g/mol.